The summed E-state index contributed by atoms with van der Waals surface area (Å²) in [5, 5.41) is 7.46. The van der Waals surface area contributed by atoms with Crippen molar-refractivity contribution in [2.45, 2.75) is 23.8 Å². The van der Waals surface area contributed by atoms with Gasteiger partial charge in [0.1, 0.15) is 11.6 Å². The molecule has 1 aliphatic rings. The summed E-state index contributed by atoms with van der Waals surface area (Å²) in [4.78, 5) is 0.139. The zero-order chi connectivity index (χ0) is 14.0. The van der Waals surface area contributed by atoms with Gasteiger partial charge in [-0.25, -0.2) is 13.1 Å². The third kappa shape index (κ3) is 3.24. The molecular weight excluding hydrogens is 266 g/mol. The van der Waals surface area contributed by atoms with Crippen LogP contribution in [0.3, 0.4) is 0 Å². The Hall–Kier alpha value is -1.60. The average Bonchev–Trinajstić information content (AvgIpc) is 3.20. The van der Waals surface area contributed by atoms with Crippen LogP contribution in [0.25, 0.3) is 0 Å². The summed E-state index contributed by atoms with van der Waals surface area (Å²) in [5.74, 6) is 0.592. The number of sulfonamides is 1. The lowest BCUT2D eigenvalue weighted by Crippen LogP contribution is -2.45. The van der Waals surface area contributed by atoms with Gasteiger partial charge in [-0.2, -0.15) is 0 Å². The van der Waals surface area contributed by atoms with E-state index in [2.05, 4.69) is 4.72 Å². The number of nitrogens with two attached hydrogens (primary N) is 1. The topological polar surface area (TPSA) is 105 Å². The van der Waals surface area contributed by atoms with Crippen LogP contribution in [0.2, 0.25) is 0 Å². The Morgan fingerprint density at radius 3 is 2.42 bits per heavy atom. The number of rotatable bonds is 6. The molecule has 0 saturated heterocycles. The Labute approximate surface area is 112 Å². The maximum absolute atomic E-state index is 12.2. The zero-order valence-corrected chi connectivity index (χ0v) is 11.4. The van der Waals surface area contributed by atoms with E-state index in [0.29, 0.717) is 5.75 Å². The summed E-state index contributed by atoms with van der Waals surface area (Å²) in [5.41, 5.74) is 5.44. The van der Waals surface area contributed by atoms with Crippen LogP contribution in [-0.4, -0.2) is 27.4 Å². The maximum atomic E-state index is 12.2. The van der Waals surface area contributed by atoms with Gasteiger partial charge in [0.25, 0.3) is 0 Å². The molecule has 0 aliphatic heterocycles. The molecule has 4 N–H and O–H groups in total. The van der Waals surface area contributed by atoms with Gasteiger partial charge < -0.3 is 10.5 Å². The predicted octanol–water partition coefficient (Wildman–Crippen LogP) is 0.688. The highest BCUT2D eigenvalue weighted by Gasteiger charge is 2.36. The van der Waals surface area contributed by atoms with E-state index in [1.165, 1.54) is 19.2 Å². The lowest BCUT2D eigenvalue weighted by molar-refractivity contribution is 0.414. The molecule has 104 valence electrons. The smallest absolute Gasteiger partial charge is 0.241 e. The number of nitrogens with one attached hydrogen (secondary N) is 2. The molecule has 1 unspecified atom stereocenters. The van der Waals surface area contributed by atoms with Crippen molar-refractivity contribution in [2.75, 3.05) is 7.11 Å². The van der Waals surface area contributed by atoms with Gasteiger partial charge in [-0.05, 0) is 43.0 Å². The molecule has 1 aromatic carbocycles. The van der Waals surface area contributed by atoms with Gasteiger partial charge in [0.2, 0.25) is 10.0 Å². The van der Waals surface area contributed by atoms with Crippen molar-refractivity contribution >= 4 is 15.9 Å². The summed E-state index contributed by atoms with van der Waals surface area (Å²) in [6.07, 6.45) is 1.80. The standard InChI is InChI=1S/C12H17N3O3S/c1-18-9-4-6-10(7-5-9)19(16,17)15-11(12(13)14)8-2-3-8/h4-8,11,15H,2-3H2,1H3,(H3,13,14). The lowest BCUT2D eigenvalue weighted by atomic mass is 10.2. The lowest BCUT2D eigenvalue weighted by Gasteiger charge is -2.16. The van der Waals surface area contributed by atoms with Gasteiger partial charge in [-0.3, -0.25) is 5.41 Å². The molecule has 0 bridgehead atoms. The highest BCUT2D eigenvalue weighted by molar-refractivity contribution is 7.89. The quantitative estimate of drug-likeness (QED) is 0.527. The molecule has 1 fully saturated rings. The minimum absolute atomic E-state index is 0.139. The second-order valence-corrected chi connectivity index (χ2v) is 6.28. The number of hydrogen-bond acceptors (Lipinski definition) is 4. The molecule has 0 spiro atoms. The van der Waals surface area contributed by atoms with Gasteiger partial charge in [-0.15, -0.1) is 0 Å². The van der Waals surface area contributed by atoms with Crippen molar-refractivity contribution in [3.63, 3.8) is 0 Å². The van der Waals surface area contributed by atoms with E-state index in [0.717, 1.165) is 12.8 Å². The van der Waals surface area contributed by atoms with Crippen LogP contribution in [-0.2, 0) is 10.0 Å². The Balaban J connectivity index is 2.18. The first-order chi connectivity index (χ1) is 8.94. The van der Waals surface area contributed by atoms with Crippen molar-refractivity contribution in [1.29, 1.82) is 5.41 Å². The van der Waals surface area contributed by atoms with Crippen LogP contribution >= 0.6 is 0 Å². The van der Waals surface area contributed by atoms with Crippen molar-refractivity contribution in [1.82, 2.24) is 4.72 Å². The van der Waals surface area contributed by atoms with Crippen molar-refractivity contribution in [2.24, 2.45) is 11.7 Å². The van der Waals surface area contributed by atoms with Gasteiger partial charge in [0, 0.05) is 0 Å². The van der Waals surface area contributed by atoms with E-state index in [1.54, 1.807) is 12.1 Å². The molecule has 0 heterocycles. The number of ether oxygens (including phenoxy) is 1. The van der Waals surface area contributed by atoms with E-state index in [1.807, 2.05) is 0 Å². The second-order valence-electron chi connectivity index (χ2n) is 4.57. The van der Waals surface area contributed by atoms with E-state index >= 15 is 0 Å². The fourth-order valence-electron chi connectivity index (χ4n) is 1.83. The molecule has 1 aliphatic carbocycles. The number of methoxy groups -OCH3 is 1. The largest absolute Gasteiger partial charge is 0.497 e. The summed E-state index contributed by atoms with van der Waals surface area (Å²) >= 11 is 0. The molecule has 6 nitrogen and oxygen atoms in total. The van der Waals surface area contributed by atoms with Gasteiger partial charge in [-0.1, -0.05) is 0 Å². The zero-order valence-electron chi connectivity index (χ0n) is 10.6. The number of amidine groups is 1. The van der Waals surface area contributed by atoms with Crippen molar-refractivity contribution in [3.05, 3.63) is 24.3 Å². The third-order valence-corrected chi connectivity index (χ3v) is 4.54. The van der Waals surface area contributed by atoms with E-state index in [4.69, 9.17) is 15.9 Å². The molecule has 1 aromatic rings. The Kier molecular flexibility index (Phi) is 3.77. The number of hydrogen-bond donors (Lipinski definition) is 3. The summed E-state index contributed by atoms with van der Waals surface area (Å²) in [6, 6.07) is 5.48. The van der Waals surface area contributed by atoms with Gasteiger partial charge in [0.15, 0.2) is 0 Å². The van der Waals surface area contributed by atoms with E-state index in [9.17, 15) is 8.42 Å². The Morgan fingerprint density at radius 1 is 1.42 bits per heavy atom. The normalized spacial score (nSPS) is 16.9. The molecule has 1 atom stereocenters. The molecule has 7 heteroatoms. The van der Waals surface area contributed by atoms with Crippen LogP contribution in [0.4, 0.5) is 0 Å². The van der Waals surface area contributed by atoms with Crippen LogP contribution < -0.4 is 15.2 Å². The average molecular weight is 283 g/mol. The van der Waals surface area contributed by atoms with Crippen LogP contribution in [0.1, 0.15) is 12.8 Å². The van der Waals surface area contributed by atoms with Gasteiger partial charge in [0.05, 0.1) is 18.0 Å². The molecule has 2 rings (SSSR count). The highest BCUT2D eigenvalue weighted by atomic mass is 32.2. The first-order valence-electron chi connectivity index (χ1n) is 5.94. The highest BCUT2D eigenvalue weighted by Crippen LogP contribution is 2.33. The minimum Gasteiger partial charge on any atom is -0.497 e. The third-order valence-electron chi connectivity index (χ3n) is 3.08. The molecule has 0 amide bonds. The fourth-order valence-corrected chi connectivity index (χ4v) is 3.12. The Morgan fingerprint density at radius 2 is 2.00 bits per heavy atom. The monoisotopic (exact) mass is 283 g/mol. The first-order valence-corrected chi connectivity index (χ1v) is 7.42. The van der Waals surface area contributed by atoms with Crippen LogP contribution in [0.5, 0.6) is 5.75 Å². The van der Waals surface area contributed by atoms with E-state index < -0.39 is 16.1 Å². The fraction of sp³-hybridized carbons (Fsp3) is 0.417. The summed E-state index contributed by atoms with van der Waals surface area (Å²) < 4.78 is 31.8. The molecule has 0 radical (unpaired) electrons. The van der Waals surface area contributed by atoms with E-state index in [-0.39, 0.29) is 16.6 Å². The van der Waals surface area contributed by atoms with Crippen LogP contribution in [0, 0.1) is 11.3 Å². The second kappa shape index (κ2) is 5.18. The molecular formula is C12H17N3O3S. The predicted molar refractivity (Wildman–Crippen MR) is 71.7 cm³/mol. The van der Waals surface area contributed by atoms with Crippen molar-refractivity contribution < 1.29 is 13.2 Å². The Bertz CT molecular complexity index is 564. The summed E-state index contributed by atoms with van der Waals surface area (Å²) in [7, 11) is -2.15. The molecule has 19 heavy (non-hydrogen) atoms. The number of benzene rings is 1. The summed E-state index contributed by atoms with van der Waals surface area (Å²) in [6.45, 7) is 0. The molecule has 1 saturated carbocycles. The first kappa shape index (κ1) is 13.8. The molecule has 0 aromatic heterocycles. The van der Waals surface area contributed by atoms with Gasteiger partial charge >= 0.3 is 0 Å². The van der Waals surface area contributed by atoms with Crippen LogP contribution in [0.15, 0.2) is 29.2 Å². The van der Waals surface area contributed by atoms with Crippen molar-refractivity contribution in [3.8, 4) is 5.75 Å². The SMILES string of the molecule is COc1ccc(S(=O)(=O)NC(C(=N)N)C2CC2)cc1. The maximum Gasteiger partial charge on any atom is 0.241 e. The minimum atomic E-state index is -3.66.